The summed E-state index contributed by atoms with van der Waals surface area (Å²) in [5.41, 5.74) is 0.836. The second kappa shape index (κ2) is 5.98. The van der Waals surface area contributed by atoms with Crippen molar-refractivity contribution in [3.05, 3.63) is 56.1 Å². The number of hydrogen-bond acceptors (Lipinski definition) is 2. The lowest BCUT2D eigenvalue weighted by atomic mass is 10.2. The van der Waals surface area contributed by atoms with Crippen molar-refractivity contribution in [1.29, 1.82) is 0 Å². The molecule has 1 aromatic carbocycles. The summed E-state index contributed by atoms with van der Waals surface area (Å²) in [6.07, 6.45) is 0. The van der Waals surface area contributed by atoms with E-state index in [4.69, 9.17) is 51.1 Å². The van der Waals surface area contributed by atoms with E-state index in [1.54, 1.807) is 6.07 Å². The molecule has 0 saturated carbocycles. The average Bonchev–Trinajstić information content (AvgIpc) is 2.34. The van der Waals surface area contributed by atoms with Crippen molar-refractivity contribution in [2.24, 2.45) is 0 Å². The molecular weight excluding hydrogens is 316 g/mol. The Balaban J connectivity index is 2.16. The minimum absolute atomic E-state index is 0.148. The van der Waals surface area contributed by atoms with Gasteiger partial charge in [-0.1, -0.05) is 64.6 Å². The molecule has 0 aliphatic heterocycles. The second-order valence-corrected chi connectivity index (χ2v) is 5.01. The van der Waals surface area contributed by atoms with E-state index in [0.717, 1.165) is 5.56 Å². The third-order valence-electron chi connectivity index (χ3n) is 2.18. The van der Waals surface area contributed by atoms with Crippen LogP contribution in [0.1, 0.15) is 5.56 Å². The summed E-state index contributed by atoms with van der Waals surface area (Å²) in [5, 5.41) is 1.35. The number of benzene rings is 1. The molecule has 0 N–H and O–H groups in total. The first-order valence-corrected chi connectivity index (χ1v) is 6.47. The van der Waals surface area contributed by atoms with E-state index in [9.17, 15) is 0 Å². The van der Waals surface area contributed by atoms with Gasteiger partial charge in [0.15, 0.2) is 5.15 Å². The molecule has 0 spiro atoms. The predicted octanol–water partition coefficient (Wildman–Crippen LogP) is 5.27. The van der Waals surface area contributed by atoms with E-state index in [-0.39, 0.29) is 22.7 Å². The molecule has 0 aliphatic carbocycles. The lowest BCUT2D eigenvalue weighted by molar-refractivity contribution is 0.294. The fraction of sp³-hybridized carbons (Fsp3) is 0.0833. The quantitative estimate of drug-likeness (QED) is 0.718. The van der Waals surface area contributed by atoms with Crippen molar-refractivity contribution in [1.82, 2.24) is 4.98 Å². The average molecular weight is 323 g/mol. The molecule has 0 atom stereocenters. The molecule has 0 saturated heterocycles. The van der Waals surface area contributed by atoms with E-state index in [0.29, 0.717) is 10.0 Å². The minimum atomic E-state index is 0.148. The molecule has 1 aromatic heterocycles. The molecule has 2 nitrogen and oxygen atoms in total. The molecule has 0 aliphatic rings. The summed E-state index contributed by atoms with van der Waals surface area (Å²) in [6.45, 7) is 0.254. The van der Waals surface area contributed by atoms with Crippen LogP contribution in [0.3, 0.4) is 0 Å². The first kappa shape index (κ1) is 13.8. The summed E-state index contributed by atoms with van der Waals surface area (Å²) >= 11 is 23.5. The fourth-order valence-corrected chi connectivity index (χ4v) is 2.03. The van der Waals surface area contributed by atoms with Gasteiger partial charge < -0.3 is 4.74 Å². The largest absolute Gasteiger partial charge is 0.472 e. The first-order valence-electron chi connectivity index (χ1n) is 4.95. The molecule has 0 amide bonds. The number of pyridine rings is 1. The number of hydrogen-bond donors (Lipinski definition) is 0. The Labute approximate surface area is 124 Å². The Bertz CT molecular complexity index is 574. The smallest absolute Gasteiger partial charge is 0.234 e. The van der Waals surface area contributed by atoms with Gasteiger partial charge in [-0.2, -0.15) is 4.98 Å². The number of aromatic nitrogens is 1. The second-order valence-electron chi connectivity index (χ2n) is 3.43. The first-order chi connectivity index (χ1) is 8.58. The summed E-state index contributed by atoms with van der Waals surface area (Å²) < 4.78 is 5.47. The van der Waals surface area contributed by atoms with E-state index >= 15 is 0 Å². The van der Waals surface area contributed by atoms with E-state index < -0.39 is 0 Å². The minimum Gasteiger partial charge on any atom is -0.472 e. The lowest BCUT2D eigenvalue weighted by Gasteiger charge is -2.09. The third kappa shape index (κ3) is 3.21. The van der Waals surface area contributed by atoms with Gasteiger partial charge >= 0.3 is 0 Å². The topological polar surface area (TPSA) is 22.1 Å². The van der Waals surface area contributed by atoms with Gasteiger partial charge in [0, 0.05) is 10.6 Å². The molecule has 94 valence electrons. The van der Waals surface area contributed by atoms with Crippen LogP contribution >= 0.6 is 46.4 Å². The van der Waals surface area contributed by atoms with Crippen molar-refractivity contribution in [3.8, 4) is 5.88 Å². The standard InChI is InChI=1S/C12H7Cl4NO/c13-8-4-2-1-3-7(8)6-18-12-10(15)5-9(14)11(16)17-12/h1-5H,6H2. The van der Waals surface area contributed by atoms with Crippen LogP contribution in [0, 0.1) is 0 Å². The maximum Gasteiger partial charge on any atom is 0.234 e. The Hall–Kier alpha value is -0.670. The third-order valence-corrected chi connectivity index (χ3v) is 3.49. The zero-order valence-electron chi connectivity index (χ0n) is 8.96. The van der Waals surface area contributed by atoms with Gasteiger partial charge in [-0.15, -0.1) is 0 Å². The monoisotopic (exact) mass is 321 g/mol. The highest BCUT2D eigenvalue weighted by molar-refractivity contribution is 6.42. The SMILES string of the molecule is Clc1ccccc1COc1nc(Cl)c(Cl)cc1Cl. The maximum absolute atomic E-state index is 6.01. The van der Waals surface area contributed by atoms with Crippen LogP contribution in [0.25, 0.3) is 0 Å². The van der Waals surface area contributed by atoms with Crippen molar-refractivity contribution < 1.29 is 4.74 Å². The molecule has 6 heteroatoms. The maximum atomic E-state index is 6.01. The van der Waals surface area contributed by atoms with Crippen LogP contribution in [-0.4, -0.2) is 4.98 Å². The van der Waals surface area contributed by atoms with Crippen molar-refractivity contribution >= 4 is 46.4 Å². The molecule has 0 unspecified atom stereocenters. The molecule has 2 rings (SSSR count). The van der Waals surface area contributed by atoms with Gasteiger partial charge in [0.1, 0.15) is 11.6 Å². The summed E-state index contributed by atoms with van der Waals surface area (Å²) in [7, 11) is 0. The number of ether oxygens (including phenoxy) is 1. The van der Waals surface area contributed by atoms with E-state index in [1.165, 1.54) is 6.07 Å². The number of nitrogens with zero attached hydrogens (tertiary/aromatic N) is 1. The van der Waals surface area contributed by atoms with Gasteiger partial charge in [-0.25, -0.2) is 0 Å². The van der Waals surface area contributed by atoms with Crippen LogP contribution in [0.5, 0.6) is 5.88 Å². The zero-order valence-corrected chi connectivity index (χ0v) is 12.0. The van der Waals surface area contributed by atoms with E-state index in [1.807, 2.05) is 18.2 Å². The number of halogens is 4. The molecular formula is C12H7Cl4NO. The molecule has 0 fully saturated rings. The van der Waals surface area contributed by atoms with Crippen molar-refractivity contribution in [3.63, 3.8) is 0 Å². The Morgan fingerprint density at radius 1 is 0.944 bits per heavy atom. The van der Waals surface area contributed by atoms with Crippen LogP contribution in [0.15, 0.2) is 30.3 Å². The van der Waals surface area contributed by atoms with E-state index in [2.05, 4.69) is 4.98 Å². The van der Waals surface area contributed by atoms with Crippen LogP contribution in [0.2, 0.25) is 20.2 Å². The molecule has 2 aromatic rings. The predicted molar refractivity (Wildman–Crippen MR) is 75.1 cm³/mol. The molecule has 0 radical (unpaired) electrons. The highest BCUT2D eigenvalue weighted by atomic mass is 35.5. The molecule has 0 bridgehead atoms. The van der Waals surface area contributed by atoms with Crippen LogP contribution in [0.4, 0.5) is 0 Å². The molecule has 18 heavy (non-hydrogen) atoms. The van der Waals surface area contributed by atoms with Gasteiger partial charge in [-0.3, -0.25) is 0 Å². The zero-order chi connectivity index (χ0) is 13.1. The van der Waals surface area contributed by atoms with Gasteiger partial charge in [0.05, 0.1) is 5.02 Å². The van der Waals surface area contributed by atoms with Gasteiger partial charge in [-0.05, 0) is 12.1 Å². The Morgan fingerprint density at radius 2 is 1.67 bits per heavy atom. The molecule has 1 heterocycles. The highest BCUT2D eigenvalue weighted by Gasteiger charge is 2.09. The highest BCUT2D eigenvalue weighted by Crippen LogP contribution is 2.31. The summed E-state index contributed by atoms with van der Waals surface area (Å²) in [6, 6.07) is 8.84. The number of rotatable bonds is 3. The van der Waals surface area contributed by atoms with Crippen LogP contribution in [-0.2, 0) is 6.61 Å². The Morgan fingerprint density at radius 3 is 2.39 bits per heavy atom. The van der Waals surface area contributed by atoms with Gasteiger partial charge in [0.25, 0.3) is 0 Å². The normalized spacial score (nSPS) is 10.4. The van der Waals surface area contributed by atoms with Crippen molar-refractivity contribution in [2.45, 2.75) is 6.61 Å². The lowest BCUT2D eigenvalue weighted by Crippen LogP contribution is -1.99. The van der Waals surface area contributed by atoms with Gasteiger partial charge in [0.2, 0.25) is 5.88 Å². The van der Waals surface area contributed by atoms with Crippen LogP contribution < -0.4 is 4.74 Å². The fourth-order valence-electron chi connectivity index (χ4n) is 1.29. The van der Waals surface area contributed by atoms with Crippen molar-refractivity contribution in [2.75, 3.05) is 0 Å². The Kier molecular flexibility index (Phi) is 4.57. The summed E-state index contributed by atoms with van der Waals surface area (Å²) in [4.78, 5) is 3.95. The summed E-state index contributed by atoms with van der Waals surface area (Å²) in [5.74, 6) is 0.228.